The zero-order chi connectivity index (χ0) is 13.2. The van der Waals surface area contributed by atoms with Gasteiger partial charge in [-0.2, -0.15) is 5.10 Å². The maximum atomic E-state index is 10.9. The molecule has 1 heterocycles. The first-order valence-corrected chi connectivity index (χ1v) is 6.01. The first-order valence-electron chi connectivity index (χ1n) is 6.01. The standard InChI is InChI=1S/C11H20N4O3/c1-3-18-11(16)8-17-7-6-12-5-4-10-13-9-15(2)14-10/h9,12H,3-8H2,1-2H3. The Morgan fingerprint density at radius 3 is 3.00 bits per heavy atom. The van der Waals surface area contributed by atoms with Crippen molar-refractivity contribution in [3.8, 4) is 0 Å². The van der Waals surface area contributed by atoms with E-state index in [1.165, 1.54) is 0 Å². The summed E-state index contributed by atoms with van der Waals surface area (Å²) in [7, 11) is 1.84. The van der Waals surface area contributed by atoms with Crippen molar-refractivity contribution in [2.45, 2.75) is 13.3 Å². The minimum absolute atomic E-state index is 0.0112. The third-order valence-corrected chi connectivity index (χ3v) is 2.12. The van der Waals surface area contributed by atoms with Crippen LogP contribution in [0.5, 0.6) is 0 Å². The van der Waals surface area contributed by atoms with Gasteiger partial charge in [-0.3, -0.25) is 4.68 Å². The van der Waals surface area contributed by atoms with Gasteiger partial charge in [0, 0.05) is 26.6 Å². The molecule has 1 N–H and O–H groups in total. The summed E-state index contributed by atoms with van der Waals surface area (Å²) in [6.45, 7) is 4.12. The Kier molecular flexibility index (Phi) is 6.97. The van der Waals surface area contributed by atoms with Crippen molar-refractivity contribution >= 4 is 5.97 Å². The van der Waals surface area contributed by atoms with Gasteiger partial charge in [-0.25, -0.2) is 9.78 Å². The zero-order valence-electron chi connectivity index (χ0n) is 10.9. The van der Waals surface area contributed by atoms with Crippen molar-refractivity contribution in [2.75, 3.05) is 32.9 Å². The summed E-state index contributed by atoms with van der Waals surface area (Å²) in [6, 6.07) is 0. The summed E-state index contributed by atoms with van der Waals surface area (Å²) < 4.78 is 11.5. The van der Waals surface area contributed by atoms with Crippen LogP contribution in [0.3, 0.4) is 0 Å². The number of esters is 1. The molecule has 0 atom stereocenters. The van der Waals surface area contributed by atoms with E-state index in [0.29, 0.717) is 19.8 Å². The van der Waals surface area contributed by atoms with Crippen molar-refractivity contribution < 1.29 is 14.3 Å². The molecule has 0 saturated carbocycles. The molecule has 0 fully saturated rings. The van der Waals surface area contributed by atoms with E-state index >= 15 is 0 Å². The largest absolute Gasteiger partial charge is 0.464 e. The quantitative estimate of drug-likeness (QED) is 0.475. The molecule has 7 heteroatoms. The minimum Gasteiger partial charge on any atom is -0.464 e. The molecular formula is C11H20N4O3. The second kappa shape index (κ2) is 8.60. The fourth-order valence-corrected chi connectivity index (χ4v) is 1.33. The maximum Gasteiger partial charge on any atom is 0.332 e. The van der Waals surface area contributed by atoms with E-state index in [0.717, 1.165) is 18.8 Å². The highest BCUT2D eigenvalue weighted by Crippen LogP contribution is 1.88. The van der Waals surface area contributed by atoms with Crippen LogP contribution in [0, 0.1) is 0 Å². The van der Waals surface area contributed by atoms with Crippen LogP contribution in [0.25, 0.3) is 0 Å². The number of rotatable bonds is 9. The average Bonchev–Trinajstić information content (AvgIpc) is 2.74. The van der Waals surface area contributed by atoms with Crippen LogP contribution in [0.2, 0.25) is 0 Å². The first-order chi connectivity index (χ1) is 8.72. The molecule has 7 nitrogen and oxygen atoms in total. The minimum atomic E-state index is -0.324. The lowest BCUT2D eigenvalue weighted by molar-refractivity contribution is -0.148. The molecule has 0 aliphatic rings. The van der Waals surface area contributed by atoms with E-state index in [9.17, 15) is 4.79 Å². The number of nitrogens with one attached hydrogen (secondary N) is 1. The molecular weight excluding hydrogens is 236 g/mol. The van der Waals surface area contributed by atoms with Gasteiger partial charge in [0.1, 0.15) is 12.9 Å². The monoisotopic (exact) mass is 256 g/mol. The molecule has 0 saturated heterocycles. The molecule has 0 bridgehead atoms. The van der Waals surface area contributed by atoms with Crippen molar-refractivity contribution in [1.82, 2.24) is 20.1 Å². The number of hydrogen-bond donors (Lipinski definition) is 1. The highest BCUT2D eigenvalue weighted by Gasteiger charge is 2.01. The number of carbonyl (C=O) groups is 1. The van der Waals surface area contributed by atoms with Crippen molar-refractivity contribution in [3.05, 3.63) is 12.2 Å². The van der Waals surface area contributed by atoms with Gasteiger partial charge in [-0.15, -0.1) is 0 Å². The summed E-state index contributed by atoms with van der Waals surface area (Å²) >= 11 is 0. The summed E-state index contributed by atoms with van der Waals surface area (Å²) in [5, 5.41) is 7.34. The number of ether oxygens (including phenoxy) is 2. The van der Waals surface area contributed by atoms with Gasteiger partial charge in [0.25, 0.3) is 0 Å². The highest BCUT2D eigenvalue weighted by molar-refractivity contribution is 5.70. The van der Waals surface area contributed by atoms with Gasteiger partial charge in [-0.1, -0.05) is 0 Å². The zero-order valence-corrected chi connectivity index (χ0v) is 10.9. The van der Waals surface area contributed by atoms with Crippen LogP contribution in [0.4, 0.5) is 0 Å². The second-order valence-corrected chi connectivity index (χ2v) is 3.69. The summed E-state index contributed by atoms with van der Waals surface area (Å²) in [5.74, 6) is 0.493. The van der Waals surface area contributed by atoms with Gasteiger partial charge >= 0.3 is 5.97 Å². The molecule has 0 spiro atoms. The summed E-state index contributed by atoms with van der Waals surface area (Å²) in [4.78, 5) is 15.0. The molecule has 0 amide bonds. The molecule has 0 aliphatic heterocycles. The van der Waals surface area contributed by atoms with Crippen LogP contribution >= 0.6 is 0 Å². The van der Waals surface area contributed by atoms with E-state index in [2.05, 4.69) is 15.4 Å². The molecule has 1 aromatic rings. The smallest absolute Gasteiger partial charge is 0.332 e. The van der Waals surface area contributed by atoms with Crippen LogP contribution in [-0.2, 0) is 27.7 Å². The van der Waals surface area contributed by atoms with Gasteiger partial charge in [0.15, 0.2) is 5.82 Å². The van der Waals surface area contributed by atoms with E-state index in [1.807, 2.05) is 7.05 Å². The second-order valence-electron chi connectivity index (χ2n) is 3.69. The van der Waals surface area contributed by atoms with Crippen molar-refractivity contribution in [1.29, 1.82) is 0 Å². The Bertz CT molecular complexity index is 354. The Hall–Kier alpha value is -1.47. The van der Waals surface area contributed by atoms with Crippen LogP contribution in [0.1, 0.15) is 12.7 Å². The maximum absolute atomic E-state index is 10.9. The van der Waals surface area contributed by atoms with E-state index < -0.39 is 0 Å². The molecule has 0 aromatic carbocycles. The molecule has 0 aliphatic carbocycles. The first kappa shape index (κ1) is 14.6. The predicted octanol–water partition coefficient (Wildman–Crippen LogP) is -0.473. The lowest BCUT2D eigenvalue weighted by atomic mass is 10.4. The third-order valence-electron chi connectivity index (χ3n) is 2.12. The number of nitrogens with zero attached hydrogens (tertiary/aromatic N) is 3. The SMILES string of the molecule is CCOC(=O)COCCNCCc1ncn(C)n1. The van der Waals surface area contributed by atoms with Gasteiger partial charge in [0.05, 0.1) is 13.2 Å². The molecule has 18 heavy (non-hydrogen) atoms. The Morgan fingerprint density at radius 1 is 1.50 bits per heavy atom. The number of hydrogen-bond acceptors (Lipinski definition) is 6. The Labute approximate surface area is 106 Å². The lowest BCUT2D eigenvalue weighted by Gasteiger charge is -2.05. The Morgan fingerprint density at radius 2 is 2.33 bits per heavy atom. The lowest BCUT2D eigenvalue weighted by Crippen LogP contribution is -2.24. The predicted molar refractivity (Wildman–Crippen MR) is 65.0 cm³/mol. The van der Waals surface area contributed by atoms with Crippen molar-refractivity contribution in [2.24, 2.45) is 7.05 Å². The van der Waals surface area contributed by atoms with E-state index in [4.69, 9.17) is 9.47 Å². The average molecular weight is 256 g/mol. The fraction of sp³-hybridized carbons (Fsp3) is 0.727. The van der Waals surface area contributed by atoms with E-state index in [-0.39, 0.29) is 12.6 Å². The Balaban J connectivity index is 1.91. The van der Waals surface area contributed by atoms with Gasteiger partial charge < -0.3 is 14.8 Å². The highest BCUT2D eigenvalue weighted by atomic mass is 16.6. The molecule has 0 unspecified atom stereocenters. The van der Waals surface area contributed by atoms with E-state index in [1.54, 1.807) is 17.9 Å². The van der Waals surface area contributed by atoms with Crippen LogP contribution in [0.15, 0.2) is 6.33 Å². The van der Waals surface area contributed by atoms with Crippen LogP contribution < -0.4 is 5.32 Å². The van der Waals surface area contributed by atoms with Crippen molar-refractivity contribution in [3.63, 3.8) is 0 Å². The van der Waals surface area contributed by atoms with Gasteiger partial charge in [-0.05, 0) is 6.92 Å². The van der Waals surface area contributed by atoms with Gasteiger partial charge in [0.2, 0.25) is 0 Å². The number of aromatic nitrogens is 3. The summed E-state index contributed by atoms with van der Waals surface area (Å²) in [6.07, 6.45) is 2.45. The molecule has 0 radical (unpaired) electrons. The molecule has 102 valence electrons. The fourth-order valence-electron chi connectivity index (χ4n) is 1.33. The topological polar surface area (TPSA) is 78.3 Å². The third kappa shape index (κ3) is 6.31. The van der Waals surface area contributed by atoms with Crippen LogP contribution in [-0.4, -0.2) is 53.6 Å². The molecule has 1 rings (SSSR count). The number of carbonyl (C=O) groups excluding carboxylic acids is 1. The molecule has 1 aromatic heterocycles. The normalized spacial score (nSPS) is 10.6. The number of aryl methyl sites for hydroxylation is 1. The summed E-state index contributed by atoms with van der Waals surface area (Å²) in [5.41, 5.74) is 0.